The van der Waals surface area contributed by atoms with Crippen molar-refractivity contribution in [2.75, 3.05) is 0 Å². The average Bonchev–Trinajstić information content (AvgIpc) is 2.53. The number of pyridine rings is 1. The number of carbonyl (C=O) groups excluding carboxylic acids is 2. The van der Waals surface area contributed by atoms with Crippen molar-refractivity contribution in [1.82, 2.24) is 15.0 Å². The fraction of sp³-hybridized carbons (Fsp3) is 0.188. The molecule has 1 aromatic heterocycles. The lowest BCUT2D eigenvalue weighted by atomic mass is 10.2. The summed E-state index contributed by atoms with van der Waals surface area (Å²) < 4.78 is 8.06. The van der Waals surface area contributed by atoms with E-state index in [-0.39, 0.29) is 6.10 Å². The second-order valence-electron chi connectivity index (χ2n) is 4.85. The van der Waals surface area contributed by atoms with Crippen molar-refractivity contribution in [3.63, 3.8) is 0 Å². The third-order valence-electron chi connectivity index (χ3n) is 2.59. The Bertz CT molecular complexity index is 677. The lowest BCUT2D eigenvalue weighted by molar-refractivity contribution is 0.0965. The predicted octanol–water partition coefficient (Wildman–Crippen LogP) is 3.02. The number of urea groups is 1. The standard InChI is InChI=1S/C16H17N3O3S/c1-11(2)22-13-8-9-17-14(10-13)23-19-16(21)18-15(20)12-6-4-3-5-7-12/h3-11H,1-2H3,(H2,18,19,20,21). The summed E-state index contributed by atoms with van der Waals surface area (Å²) in [6.45, 7) is 3.85. The Kier molecular flexibility index (Phi) is 5.99. The first-order valence-electron chi connectivity index (χ1n) is 7.00. The van der Waals surface area contributed by atoms with Gasteiger partial charge in [-0.3, -0.25) is 14.8 Å². The summed E-state index contributed by atoms with van der Waals surface area (Å²) in [7, 11) is 0. The summed E-state index contributed by atoms with van der Waals surface area (Å²) >= 11 is 1.00. The van der Waals surface area contributed by atoms with Crippen molar-refractivity contribution in [1.29, 1.82) is 0 Å². The zero-order valence-corrected chi connectivity index (χ0v) is 13.6. The molecule has 0 aliphatic heterocycles. The maximum absolute atomic E-state index is 11.8. The van der Waals surface area contributed by atoms with Crippen molar-refractivity contribution in [3.05, 3.63) is 54.2 Å². The van der Waals surface area contributed by atoms with Crippen LogP contribution >= 0.6 is 11.9 Å². The van der Waals surface area contributed by atoms with Crippen LogP contribution in [0.15, 0.2) is 53.7 Å². The van der Waals surface area contributed by atoms with Crippen LogP contribution in [-0.4, -0.2) is 23.0 Å². The summed E-state index contributed by atoms with van der Waals surface area (Å²) in [5.74, 6) is 0.202. The molecule has 0 radical (unpaired) electrons. The number of aromatic nitrogens is 1. The molecule has 3 amide bonds. The van der Waals surface area contributed by atoms with Gasteiger partial charge in [-0.2, -0.15) is 0 Å². The minimum absolute atomic E-state index is 0.0509. The van der Waals surface area contributed by atoms with E-state index < -0.39 is 11.9 Å². The molecule has 2 aromatic rings. The van der Waals surface area contributed by atoms with Gasteiger partial charge in [0.2, 0.25) is 0 Å². The Morgan fingerprint density at radius 3 is 2.61 bits per heavy atom. The Labute approximate surface area is 138 Å². The predicted molar refractivity (Wildman–Crippen MR) is 88.3 cm³/mol. The number of nitrogens with one attached hydrogen (secondary N) is 2. The van der Waals surface area contributed by atoms with Crippen molar-refractivity contribution >= 4 is 23.9 Å². The van der Waals surface area contributed by atoms with E-state index in [4.69, 9.17) is 4.74 Å². The van der Waals surface area contributed by atoms with E-state index >= 15 is 0 Å². The second-order valence-corrected chi connectivity index (χ2v) is 5.68. The fourth-order valence-electron chi connectivity index (χ4n) is 1.68. The lowest BCUT2D eigenvalue weighted by Gasteiger charge is -2.10. The number of hydrogen-bond donors (Lipinski definition) is 2. The number of benzene rings is 1. The largest absolute Gasteiger partial charge is 0.491 e. The Morgan fingerprint density at radius 1 is 1.17 bits per heavy atom. The Hall–Kier alpha value is -2.54. The highest BCUT2D eigenvalue weighted by atomic mass is 32.2. The van der Waals surface area contributed by atoms with Crippen LogP contribution in [0.2, 0.25) is 0 Å². The molecule has 0 spiro atoms. The van der Waals surface area contributed by atoms with Gasteiger partial charge in [-0.05, 0) is 32.0 Å². The zero-order chi connectivity index (χ0) is 16.7. The third-order valence-corrected chi connectivity index (χ3v) is 3.31. The molecule has 1 heterocycles. The number of nitrogens with zero attached hydrogens (tertiary/aromatic N) is 1. The number of rotatable bonds is 5. The number of ether oxygens (including phenoxy) is 1. The van der Waals surface area contributed by atoms with E-state index in [1.807, 2.05) is 13.8 Å². The Morgan fingerprint density at radius 2 is 1.91 bits per heavy atom. The molecule has 0 saturated heterocycles. The first-order chi connectivity index (χ1) is 11.0. The second kappa shape index (κ2) is 8.19. The van der Waals surface area contributed by atoms with E-state index in [2.05, 4.69) is 15.0 Å². The van der Waals surface area contributed by atoms with Gasteiger partial charge in [0.1, 0.15) is 10.8 Å². The number of hydrogen-bond acceptors (Lipinski definition) is 5. The van der Waals surface area contributed by atoms with Gasteiger partial charge >= 0.3 is 6.03 Å². The highest BCUT2D eigenvalue weighted by molar-refractivity contribution is 7.97. The van der Waals surface area contributed by atoms with Crippen molar-refractivity contribution < 1.29 is 14.3 Å². The summed E-state index contributed by atoms with van der Waals surface area (Å²) in [6.07, 6.45) is 1.64. The highest BCUT2D eigenvalue weighted by Crippen LogP contribution is 2.19. The molecule has 0 aliphatic rings. The molecule has 1 aromatic carbocycles. The van der Waals surface area contributed by atoms with Gasteiger partial charge in [-0.1, -0.05) is 18.2 Å². The van der Waals surface area contributed by atoms with Gasteiger partial charge in [0.05, 0.1) is 6.10 Å². The molecule has 23 heavy (non-hydrogen) atoms. The van der Waals surface area contributed by atoms with Crippen LogP contribution in [0.4, 0.5) is 4.79 Å². The normalized spacial score (nSPS) is 10.2. The van der Waals surface area contributed by atoms with Crippen LogP contribution in [0.3, 0.4) is 0 Å². The molecule has 0 bridgehead atoms. The third kappa shape index (κ3) is 5.63. The van der Waals surface area contributed by atoms with Crippen molar-refractivity contribution in [2.45, 2.75) is 25.0 Å². The minimum Gasteiger partial charge on any atom is -0.491 e. The van der Waals surface area contributed by atoms with Gasteiger partial charge < -0.3 is 4.74 Å². The van der Waals surface area contributed by atoms with Gasteiger partial charge in [-0.25, -0.2) is 9.78 Å². The zero-order valence-electron chi connectivity index (χ0n) is 12.8. The molecule has 7 heteroatoms. The maximum Gasteiger partial charge on any atom is 0.331 e. The summed E-state index contributed by atoms with van der Waals surface area (Å²) in [6, 6.07) is 11.4. The number of amides is 3. The molecule has 0 fully saturated rings. The molecule has 0 atom stereocenters. The van der Waals surface area contributed by atoms with Crippen LogP contribution in [-0.2, 0) is 0 Å². The van der Waals surface area contributed by atoms with E-state index in [1.165, 1.54) is 0 Å². The van der Waals surface area contributed by atoms with Crippen LogP contribution in [0.1, 0.15) is 24.2 Å². The van der Waals surface area contributed by atoms with Gasteiger partial charge in [0.15, 0.2) is 0 Å². The fourth-order valence-corrected chi connectivity index (χ4v) is 2.22. The van der Waals surface area contributed by atoms with E-state index in [0.717, 1.165) is 11.9 Å². The monoisotopic (exact) mass is 331 g/mol. The maximum atomic E-state index is 11.8. The molecular formula is C16H17N3O3S. The minimum atomic E-state index is -0.610. The number of carbonyl (C=O) groups is 2. The molecule has 120 valence electrons. The van der Waals surface area contributed by atoms with Crippen LogP contribution < -0.4 is 14.8 Å². The smallest absolute Gasteiger partial charge is 0.331 e. The first kappa shape index (κ1) is 16.8. The van der Waals surface area contributed by atoms with Crippen LogP contribution in [0, 0.1) is 0 Å². The average molecular weight is 331 g/mol. The SMILES string of the molecule is CC(C)Oc1ccnc(SNC(=O)NC(=O)c2ccccc2)c1. The van der Waals surface area contributed by atoms with Crippen molar-refractivity contribution in [3.8, 4) is 5.75 Å². The molecule has 0 aliphatic carbocycles. The highest BCUT2D eigenvalue weighted by Gasteiger charge is 2.10. The summed E-state index contributed by atoms with van der Waals surface area (Å²) in [5, 5.41) is 2.81. The van der Waals surface area contributed by atoms with Crippen molar-refractivity contribution in [2.24, 2.45) is 0 Å². The van der Waals surface area contributed by atoms with Gasteiger partial charge in [0.25, 0.3) is 5.91 Å². The van der Waals surface area contributed by atoms with Gasteiger partial charge in [-0.15, -0.1) is 0 Å². The molecule has 2 N–H and O–H groups in total. The van der Waals surface area contributed by atoms with Crippen LogP contribution in [0.5, 0.6) is 5.75 Å². The molecular weight excluding hydrogens is 314 g/mol. The van der Waals surface area contributed by atoms with Gasteiger partial charge in [0, 0.05) is 29.8 Å². The summed E-state index contributed by atoms with van der Waals surface area (Å²) in [4.78, 5) is 27.7. The quantitative estimate of drug-likeness (QED) is 0.823. The van der Waals surface area contributed by atoms with E-state index in [1.54, 1.807) is 48.7 Å². The molecule has 2 rings (SSSR count). The lowest BCUT2D eigenvalue weighted by Crippen LogP contribution is -2.36. The first-order valence-corrected chi connectivity index (χ1v) is 7.82. The van der Waals surface area contributed by atoms with E-state index in [0.29, 0.717) is 16.3 Å². The molecule has 6 nitrogen and oxygen atoms in total. The topological polar surface area (TPSA) is 80.3 Å². The Balaban J connectivity index is 1.86. The van der Waals surface area contributed by atoms with E-state index in [9.17, 15) is 9.59 Å². The number of imide groups is 1. The summed E-state index contributed by atoms with van der Waals surface area (Å²) in [5.41, 5.74) is 0.415. The molecule has 0 saturated carbocycles. The molecule has 0 unspecified atom stereocenters. The van der Waals surface area contributed by atoms with Crippen LogP contribution in [0.25, 0.3) is 0 Å².